The van der Waals surface area contributed by atoms with Gasteiger partial charge in [0.15, 0.2) is 0 Å². The van der Waals surface area contributed by atoms with Crippen LogP contribution in [0.25, 0.3) is 5.76 Å². The summed E-state index contributed by atoms with van der Waals surface area (Å²) < 4.78 is 11.3. The highest BCUT2D eigenvalue weighted by Crippen LogP contribution is 2.42. The van der Waals surface area contributed by atoms with E-state index >= 15 is 0 Å². The summed E-state index contributed by atoms with van der Waals surface area (Å²) in [6.07, 6.45) is -0.278. The van der Waals surface area contributed by atoms with E-state index in [9.17, 15) is 19.5 Å². The second kappa shape index (κ2) is 12.4. The van der Waals surface area contributed by atoms with Crippen LogP contribution in [0.15, 0.2) is 103 Å². The molecular weight excluding hydrogens is 542 g/mol. The van der Waals surface area contributed by atoms with E-state index in [0.717, 1.165) is 16.7 Å². The van der Waals surface area contributed by atoms with E-state index in [-0.39, 0.29) is 17.4 Å². The van der Waals surface area contributed by atoms with Gasteiger partial charge in [0, 0.05) is 11.3 Å². The highest BCUT2D eigenvalue weighted by Gasteiger charge is 2.47. The number of aryl methyl sites for hydroxylation is 2. The van der Waals surface area contributed by atoms with Gasteiger partial charge in [-0.1, -0.05) is 60.2 Å². The molecule has 1 atom stereocenters. The fourth-order valence-electron chi connectivity index (χ4n) is 5.14. The van der Waals surface area contributed by atoms with Crippen molar-refractivity contribution in [3.63, 3.8) is 0 Å². The minimum atomic E-state index is -0.886. The van der Waals surface area contributed by atoms with Crippen LogP contribution in [-0.4, -0.2) is 28.9 Å². The number of aliphatic hydroxyl groups excluding tert-OH is 1. The normalized spacial score (nSPS) is 16.0. The molecule has 0 spiro atoms. The number of hydrogen-bond acceptors (Lipinski definition) is 6. The molecule has 1 aliphatic heterocycles. The second-order valence-electron chi connectivity index (χ2n) is 10.8. The van der Waals surface area contributed by atoms with Gasteiger partial charge in [0.2, 0.25) is 0 Å². The summed E-state index contributed by atoms with van der Waals surface area (Å²) in [5.41, 5.74) is 4.51. The van der Waals surface area contributed by atoms with Crippen molar-refractivity contribution in [2.45, 2.75) is 46.4 Å². The number of ether oxygens (including phenoxy) is 2. The molecule has 1 aliphatic rings. The molecule has 1 saturated heterocycles. The van der Waals surface area contributed by atoms with Crippen molar-refractivity contribution in [3.8, 4) is 5.75 Å². The van der Waals surface area contributed by atoms with Crippen molar-refractivity contribution in [1.29, 1.82) is 0 Å². The molecule has 1 fully saturated rings. The summed E-state index contributed by atoms with van der Waals surface area (Å²) >= 11 is 0. The number of esters is 1. The number of ketones is 1. The first-order valence-corrected chi connectivity index (χ1v) is 14.1. The van der Waals surface area contributed by atoms with Gasteiger partial charge in [-0.2, -0.15) is 0 Å². The Balaban J connectivity index is 1.53. The van der Waals surface area contributed by atoms with E-state index in [1.807, 2.05) is 68.4 Å². The number of Topliss-reactive ketones (excluding diaryl/α,β-unsaturated/α-hetero) is 1. The topological polar surface area (TPSA) is 93.1 Å². The smallest absolute Gasteiger partial charge is 0.338 e. The molecule has 4 aromatic rings. The molecule has 7 heteroatoms. The van der Waals surface area contributed by atoms with Crippen molar-refractivity contribution >= 4 is 29.1 Å². The maximum Gasteiger partial charge on any atom is 0.338 e. The van der Waals surface area contributed by atoms with E-state index in [2.05, 4.69) is 0 Å². The van der Waals surface area contributed by atoms with Crippen LogP contribution < -0.4 is 9.64 Å². The molecule has 1 amide bonds. The summed E-state index contributed by atoms with van der Waals surface area (Å²) in [5.74, 6) is -1.68. The predicted molar refractivity (Wildman–Crippen MR) is 165 cm³/mol. The molecule has 5 rings (SSSR count). The molecule has 1 heterocycles. The average molecular weight is 576 g/mol. The van der Waals surface area contributed by atoms with Crippen molar-refractivity contribution in [3.05, 3.63) is 136 Å². The maximum atomic E-state index is 13.6. The van der Waals surface area contributed by atoms with Crippen LogP contribution in [-0.2, 0) is 20.9 Å². The zero-order valence-electron chi connectivity index (χ0n) is 24.5. The van der Waals surface area contributed by atoms with Gasteiger partial charge < -0.3 is 14.6 Å². The van der Waals surface area contributed by atoms with Gasteiger partial charge in [-0.15, -0.1) is 0 Å². The molecule has 0 radical (unpaired) electrons. The van der Waals surface area contributed by atoms with E-state index in [4.69, 9.17) is 9.47 Å². The summed E-state index contributed by atoms with van der Waals surface area (Å²) in [6, 6.07) is 27.9. The largest absolute Gasteiger partial charge is 0.507 e. The van der Waals surface area contributed by atoms with E-state index < -0.39 is 23.7 Å². The van der Waals surface area contributed by atoms with Gasteiger partial charge in [-0.25, -0.2) is 4.79 Å². The lowest BCUT2D eigenvalue weighted by atomic mass is 9.93. The Morgan fingerprint density at radius 1 is 0.860 bits per heavy atom. The number of anilines is 1. The van der Waals surface area contributed by atoms with Crippen LogP contribution in [0.5, 0.6) is 5.75 Å². The lowest BCUT2D eigenvalue weighted by Gasteiger charge is -2.26. The van der Waals surface area contributed by atoms with Crippen LogP contribution in [0.3, 0.4) is 0 Å². The summed E-state index contributed by atoms with van der Waals surface area (Å²) in [4.78, 5) is 40.9. The Kier molecular flexibility index (Phi) is 8.44. The Hall–Kier alpha value is -5.17. The number of amides is 1. The Morgan fingerprint density at radius 3 is 2.21 bits per heavy atom. The molecule has 0 aliphatic carbocycles. The monoisotopic (exact) mass is 575 g/mol. The van der Waals surface area contributed by atoms with Gasteiger partial charge in [-0.3, -0.25) is 14.5 Å². The molecule has 7 nitrogen and oxygen atoms in total. The van der Waals surface area contributed by atoms with Crippen molar-refractivity contribution in [2.75, 3.05) is 4.90 Å². The van der Waals surface area contributed by atoms with Gasteiger partial charge in [0.25, 0.3) is 11.7 Å². The maximum absolute atomic E-state index is 13.6. The Labute approximate surface area is 251 Å². The van der Waals surface area contributed by atoms with Crippen LogP contribution in [0.2, 0.25) is 0 Å². The third-order valence-electron chi connectivity index (χ3n) is 7.21. The number of carbonyl (C=O) groups is 3. The Bertz CT molecular complexity index is 1710. The quantitative estimate of drug-likeness (QED) is 0.105. The number of hydrogen-bond donors (Lipinski definition) is 1. The number of nitrogens with zero attached hydrogens (tertiary/aromatic N) is 1. The third kappa shape index (κ3) is 6.21. The Morgan fingerprint density at radius 2 is 1.56 bits per heavy atom. The van der Waals surface area contributed by atoms with Crippen LogP contribution in [0, 0.1) is 13.8 Å². The summed E-state index contributed by atoms with van der Waals surface area (Å²) in [7, 11) is 0. The first-order chi connectivity index (χ1) is 20.6. The molecule has 0 aromatic heterocycles. The molecule has 1 unspecified atom stereocenters. The van der Waals surface area contributed by atoms with Crippen molar-refractivity contribution in [1.82, 2.24) is 0 Å². The third-order valence-corrected chi connectivity index (χ3v) is 7.21. The highest BCUT2D eigenvalue weighted by atomic mass is 16.5. The highest BCUT2D eigenvalue weighted by molar-refractivity contribution is 6.51. The summed E-state index contributed by atoms with van der Waals surface area (Å²) in [5, 5.41) is 11.6. The first-order valence-electron chi connectivity index (χ1n) is 14.1. The van der Waals surface area contributed by atoms with Gasteiger partial charge in [-0.05, 0) is 86.8 Å². The molecular formula is C36H33NO6. The van der Waals surface area contributed by atoms with E-state index in [0.29, 0.717) is 34.7 Å². The van der Waals surface area contributed by atoms with Crippen LogP contribution >= 0.6 is 0 Å². The molecule has 4 aromatic carbocycles. The van der Waals surface area contributed by atoms with Gasteiger partial charge in [0.1, 0.15) is 18.1 Å². The van der Waals surface area contributed by atoms with E-state index in [1.54, 1.807) is 56.3 Å². The molecule has 218 valence electrons. The zero-order valence-corrected chi connectivity index (χ0v) is 24.5. The van der Waals surface area contributed by atoms with Crippen LogP contribution in [0.1, 0.15) is 58.1 Å². The fourth-order valence-corrected chi connectivity index (χ4v) is 5.14. The molecule has 0 saturated carbocycles. The predicted octanol–water partition coefficient (Wildman–Crippen LogP) is 7.07. The molecule has 1 N–H and O–H groups in total. The lowest BCUT2D eigenvalue weighted by Crippen LogP contribution is -2.29. The average Bonchev–Trinajstić information content (AvgIpc) is 3.26. The number of carbonyl (C=O) groups excluding carboxylic acids is 3. The summed E-state index contributed by atoms with van der Waals surface area (Å²) in [6.45, 7) is 7.70. The second-order valence-corrected chi connectivity index (χ2v) is 10.8. The minimum Gasteiger partial charge on any atom is -0.507 e. The van der Waals surface area contributed by atoms with Crippen LogP contribution in [0.4, 0.5) is 5.69 Å². The lowest BCUT2D eigenvalue weighted by molar-refractivity contribution is -0.132. The minimum absolute atomic E-state index is 0.0174. The van der Waals surface area contributed by atoms with E-state index in [1.165, 1.54) is 4.90 Å². The number of benzene rings is 4. The number of rotatable bonds is 8. The number of aliphatic hydroxyl groups is 1. The molecule has 0 bridgehead atoms. The van der Waals surface area contributed by atoms with Gasteiger partial charge in [0.05, 0.1) is 23.3 Å². The zero-order chi connectivity index (χ0) is 30.7. The standard InChI is InChI=1S/C36H33NO6/c1-22(2)43-36(41)26-13-16-29(17-14-26)37-32(27-12-8-9-23(3)19-27)31(34(39)35(37)40)33(38)28-15-18-30(24(4)20-28)42-21-25-10-6-5-7-11-25/h5-20,22,32,38H,21H2,1-4H3/b33-31-. The first kappa shape index (κ1) is 29.3. The fraction of sp³-hybridized carbons (Fsp3) is 0.194. The van der Waals surface area contributed by atoms with Crippen molar-refractivity contribution in [2.24, 2.45) is 0 Å². The van der Waals surface area contributed by atoms with Gasteiger partial charge >= 0.3 is 5.97 Å². The SMILES string of the molecule is Cc1cccc(C2/C(=C(/O)c3ccc(OCc4ccccc4)c(C)c3)C(=O)C(=O)N2c2ccc(C(=O)OC(C)C)cc2)c1. The van der Waals surface area contributed by atoms with Crippen molar-refractivity contribution < 1.29 is 29.0 Å². The molecule has 43 heavy (non-hydrogen) atoms.